The molecule has 0 saturated heterocycles. The summed E-state index contributed by atoms with van der Waals surface area (Å²) in [6.45, 7) is 4.19. The minimum Gasteiger partial charge on any atom is -0.481 e. The SMILES string of the molecule is Cc1cccc(C)c1-c1nc(NSc2cccc(N)c2)ncc1CCCCCC(=O)O. The van der Waals surface area contributed by atoms with Gasteiger partial charge in [-0.25, -0.2) is 9.97 Å². The molecule has 6 nitrogen and oxygen atoms in total. The van der Waals surface area contributed by atoms with Gasteiger partial charge in [-0.2, -0.15) is 0 Å². The van der Waals surface area contributed by atoms with E-state index in [0.717, 1.165) is 41.0 Å². The molecule has 0 aliphatic heterocycles. The van der Waals surface area contributed by atoms with E-state index in [0.29, 0.717) is 18.1 Å². The number of nitrogens with one attached hydrogen (secondary N) is 1. The number of nitrogen functional groups attached to an aromatic ring is 1. The van der Waals surface area contributed by atoms with Gasteiger partial charge in [-0.05, 0) is 79.9 Å². The van der Waals surface area contributed by atoms with E-state index in [1.807, 2.05) is 30.5 Å². The maximum atomic E-state index is 10.7. The number of nitrogens with zero attached hydrogens (tertiary/aromatic N) is 2. The minimum atomic E-state index is -0.743. The van der Waals surface area contributed by atoms with E-state index in [1.54, 1.807) is 0 Å². The molecule has 162 valence electrons. The van der Waals surface area contributed by atoms with E-state index in [9.17, 15) is 4.79 Å². The van der Waals surface area contributed by atoms with Crippen LogP contribution in [-0.2, 0) is 11.2 Å². The molecule has 1 heterocycles. The van der Waals surface area contributed by atoms with Crippen molar-refractivity contribution in [3.8, 4) is 11.3 Å². The number of carbonyl (C=O) groups is 1. The number of carboxylic acid groups (broad SMARTS) is 1. The first-order valence-corrected chi connectivity index (χ1v) is 11.2. The molecule has 7 heteroatoms. The Morgan fingerprint density at radius 3 is 2.55 bits per heavy atom. The largest absolute Gasteiger partial charge is 0.481 e. The lowest BCUT2D eigenvalue weighted by atomic mass is 9.95. The topological polar surface area (TPSA) is 101 Å². The fourth-order valence-corrected chi connectivity index (χ4v) is 4.14. The van der Waals surface area contributed by atoms with E-state index in [1.165, 1.54) is 23.1 Å². The lowest BCUT2D eigenvalue weighted by Gasteiger charge is -2.15. The van der Waals surface area contributed by atoms with Crippen LogP contribution < -0.4 is 10.5 Å². The van der Waals surface area contributed by atoms with Crippen LogP contribution in [0.25, 0.3) is 11.3 Å². The van der Waals surface area contributed by atoms with Crippen LogP contribution in [-0.4, -0.2) is 21.0 Å². The van der Waals surface area contributed by atoms with Crippen molar-refractivity contribution in [2.45, 2.75) is 50.8 Å². The number of aryl methyl sites for hydroxylation is 3. The molecule has 0 saturated carbocycles. The first kappa shape index (κ1) is 22.6. The average Bonchev–Trinajstić information content (AvgIpc) is 2.73. The van der Waals surface area contributed by atoms with Crippen LogP contribution in [0, 0.1) is 13.8 Å². The van der Waals surface area contributed by atoms with E-state index < -0.39 is 5.97 Å². The van der Waals surface area contributed by atoms with Crippen molar-refractivity contribution >= 4 is 29.6 Å². The van der Waals surface area contributed by atoms with Gasteiger partial charge >= 0.3 is 5.97 Å². The number of rotatable bonds is 10. The third-order valence-electron chi connectivity index (χ3n) is 5.04. The molecular formula is C24H28N4O2S. The summed E-state index contributed by atoms with van der Waals surface area (Å²) in [5, 5.41) is 8.83. The van der Waals surface area contributed by atoms with Crippen LogP contribution in [0.15, 0.2) is 53.6 Å². The van der Waals surface area contributed by atoms with Gasteiger partial charge in [0.15, 0.2) is 0 Å². The van der Waals surface area contributed by atoms with Gasteiger partial charge in [0, 0.05) is 28.8 Å². The molecule has 0 bridgehead atoms. The van der Waals surface area contributed by atoms with Crippen LogP contribution in [0.1, 0.15) is 42.4 Å². The van der Waals surface area contributed by atoms with Gasteiger partial charge in [0.25, 0.3) is 0 Å². The molecule has 0 atom stereocenters. The normalized spacial score (nSPS) is 10.8. The van der Waals surface area contributed by atoms with Crippen molar-refractivity contribution < 1.29 is 9.90 Å². The van der Waals surface area contributed by atoms with Crippen LogP contribution in [0.3, 0.4) is 0 Å². The molecule has 31 heavy (non-hydrogen) atoms. The predicted molar refractivity (Wildman–Crippen MR) is 127 cm³/mol. The van der Waals surface area contributed by atoms with Crippen LogP contribution in [0.4, 0.5) is 11.6 Å². The van der Waals surface area contributed by atoms with Crippen molar-refractivity contribution in [3.63, 3.8) is 0 Å². The number of aromatic nitrogens is 2. The van der Waals surface area contributed by atoms with Crippen LogP contribution in [0.5, 0.6) is 0 Å². The first-order chi connectivity index (χ1) is 14.9. The molecule has 3 rings (SSSR count). The van der Waals surface area contributed by atoms with Crippen molar-refractivity contribution in [2.75, 3.05) is 10.5 Å². The molecule has 0 spiro atoms. The molecule has 0 radical (unpaired) electrons. The van der Waals surface area contributed by atoms with Crippen LogP contribution in [0.2, 0.25) is 0 Å². The van der Waals surface area contributed by atoms with Gasteiger partial charge in [-0.15, -0.1) is 0 Å². The minimum absolute atomic E-state index is 0.213. The van der Waals surface area contributed by atoms with Gasteiger partial charge in [0.1, 0.15) is 0 Å². The van der Waals surface area contributed by atoms with E-state index in [-0.39, 0.29) is 6.42 Å². The fraction of sp³-hybridized carbons (Fsp3) is 0.292. The average molecular weight is 437 g/mol. The molecular weight excluding hydrogens is 408 g/mol. The quantitative estimate of drug-likeness (QED) is 0.214. The second-order valence-corrected chi connectivity index (χ2v) is 8.44. The Hall–Kier alpha value is -3.06. The molecule has 1 aromatic heterocycles. The van der Waals surface area contributed by atoms with Gasteiger partial charge in [-0.1, -0.05) is 30.7 Å². The number of aliphatic carboxylic acids is 1. The standard InChI is InChI=1S/C24H28N4O2S/c1-16-8-6-9-17(2)22(16)23-18(10-4-3-5-13-21(29)30)15-26-24(27-23)28-31-20-12-7-11-19(25)14-20/h6-9,11-12,14-15H,3-5,10,13,25H2,1-2H3,(H,29,30)(H,26,27,28). The Labute approximate surface area is 187 Å². The number of benzene rings is 2. The fourth-order valence-electron chi connectivity index (χ4n) is 3.49. The summed E-state index contributed by atoms with van der Waals surface area (Å²) < 4.78 is 3.23. The predicted octanol–water partition coefficient (Wildman–Crippen LogP) is 5.65. The lowest BCUT2D eigenvalue weighted by Crippen LogP contribution is -2.03. The van der Waals surface area contributed by atoms with Gasteiger partial charge in [0.2, 0.25) is 5.95 Å². The van der Waals surface area contributed by atoms with Crippen molar-refractivity contribution in [2.24, 2.45) is 0 Å². The van der Waals surface area contributed by atoms with Crippen molar-refractivity contribution in [1.82, 2.24) is 9.97 Å². The maximum Gasteiger partial charge on any atom is 0.303 e. The van der Waals surface area contributed by atoms with E-state index >= 15 is 0 Å². The molecule has 0 fully saturated rings. The van der Waals surface area contributed by atoms with Gasteiger partial charge < -0.3 is 10.8 Å². The molecule has 0 amide bonds. The second kappa shape index (κ2) is 10.8. The van der Waals surface area contributed by atoms with Crippen molar-refractivity contribution in [1.29, 1.82) is 0 Å². The number of hydrogen-bond acceptors (Lipinski definition) is 6. The highest BCUT2D eigenvalue weighted by atomic mass is 32.2. The Bertz CT molecular complexity index is 1040. The summed E-state index contributed by atoms with van der Waals surface area (Å²) in [4.78, 5) is 21.1. The van der Waals surface area contributed by atoms with Gasteiger partial charge in [-0.3, -0.25) is 9.52 Å². The highest BCUT2D eigenvalue weighted by molar-refractivity contribution is 8.00. The molecule has 0 aliphatic carbocycles. The Balaban J connectivity index is 1.82. The highest BCUT2D eigenvalue weighted by Crippen LogP contribution is 2.31. The third-order valence-corrected chi connectivity index (χ3v) is 5.81. The van der Waals surface area contributed by atoms with Gasteiger partial charge in [0.05, 0.1) is 5.69 Å². The second-order valence-electron chi connectivity index (χ2n) is 7.57. The summed E-state index contributed by atoms with van der Waals surface area (Å²) in [6, 6.07) is 13.9. The Morgan fingerprint density at radius 1 is 1.10 bits per heavy atom. The molecule has 0 aliphatic rings. The summed E-state index contributed by atoms with van der Waals surface area (Å²) in [6.07, 6.45) is 5.36. The maximum absolute atomic E-state index is 10.7. The number of hydrogen-bond donors (Lipinski definition) is 3. The Morgan fingerprint density at radius 2 is 1.84 bits per heavy atom. The third kappa shape index (κ3) is 6.46. The molecule has 2 aromatic carbocycles. The van der Waals surface area contributed by atoms with E-state index in [4.69, 9.17) is 15.8 Å². The number of carboxylic acids is 1. The number of nitrogens with two attached hydrogens (primary N) is 1. The zero-order chi connectivity index (χ0) is 22.2. The van der Waals surface area contributed by atoms with Crippen molar-refractivity contribution in [3.05, 3.63) is 65.4 Å². The summed E-state index contributed by atoms with van der Waals surface area (Å²) >= 11 is 1.42. The zero-order valence-electron chi connectivity index (χ0n) is 17.9. The smallest absolute Gasteiger partial charge is 0.303 e. The Kier molecular flexibility index (Phi) is 7.89. The van der Waals surface area contributed by atoms with Crippen LogP contribution >= 0.6 is 11.9 Å². The summed E-state index contributed by atoms with van der Waals surface area (Å²) in [5.41, 5.74) is 12.0. The monoisotopic (exact) mass is 436 g/mol. The zero-order valence-corrected chi connectivity index (χ0v) is 18.7. The lowest BCUT2D eigenvalue weighted by molar-refractivity contribution is -0.137. The molecule has 0 unspecified atom stereocenters. The molecule has 3 aromatic rings. The molecule has 4 N–H and O–H groups in total. The first-order valence-electron chi connectivity index (χ1n) is 10.4. The summed E-state index contributed by atoms with van der Waals surface area (Å²) in [7, 11) is 0. The highest BCUT2D eigenvalue weighted by Gasteiger charge is 2.14. The summed E-state index contributed by atoms with van der Waals surface area (Å²) in [5.74, 6) is -0.202. The number of unbranched alkanes of at least 4 members (excludes halogenated alkanes) is 2. The van der Waals surface area contributed by atoms with E-state index in [2.05, 4.69) is 41.8 Å². The number of anilines is 2.